The topological polar surface area (TPSA) is 119 Å². The maximum Gasteiger partial charge on any atom is 0.222 e. The van der Waals surface area contributed by atoms with Crippen LogP contribution in [0.4, 0.5) is 0 Å². The number of rotatable bonds is 4. The van der Waals surface area contributed by atoms with Gasteiger partial charge in [0, 0.05) is 6.42 Å². The van der Waals surface area contributed by atoms with Crippen molar-refractivity contribution < 1.29 is 30.0 Å². The van der Waals surface area contributed by atoms with Gasteiger partial charge in [0.2, 0.25) is 5.91 Å². The first kappa shape index (κ1) is 14.3. The Labute approximate surface area is 99.0 Å². The summed E-state index contributed by atoms with van der Waals surface area (Å²) in [6.45, 7) is 1.32. The fourth-order valence-electron chi connectivity index (χ4n) is 1.68. The second-order valence-electron chi connectivity index (χ2n) is 4.07. The maximum absolute atomic E-state index is 11.3. The molecule has 1 saturated heterocycles. The van der Waals surface area contributed by atoms with Gasteiger partial charge in [-0.2, -0.15) is 0 Å². The number of carbonyl (C=O) groups is 1. The molecule has 0 bridgehead atoms. The molecule has 1 fully saturated rings. The van der Waals surface area contributed by atoms with Crippen molar-refractivity contribution in [1.82, 2.24) is 5.32 Å². The highest BCUT2D eigenvalue weighted by atomic mass is 16.6. The van der Waals surface area contributed by atoms with Gasteiger partial charge in [-0.25, -0.2) is 0 Å². The van der Waals surface area contributed by atoms with E-state index in [0.717, 1.165) is 0 Å². The van der Waals surface area contributed by atoms with Gasteiger partial charge in [-0.05, 0) is 6.42 Å². The Morgan fingerprint density at radius 3 is 2.41 bits per heavy atom. The third-order valence-corrected chi connectivity index (χ3v) is 2.67. The highest BCUT2D eigenvalue weighted by Crippen LogP contribution is 2.19. The molecule has 1 aliphatic rings. The summed E-state index contributed by atoms with van der Waals surface area (Å²) in [6, 6.07) is 0. The van der Waals surface area contributed by atoms with Crippen LogP contribution in [0.1, 0.15) is 19.8 Å². The van der Waals surface area contributed by atoms with E-state index >= 15 is 0 Å². The molecule has 0 aromatic carbocycles. The minimum absolute atomic E-state index is 0.273. The third kappa shape index (κ3) is 3.36. The molecule has 0 spiro atoms. The normalized spacial score (nSPS) is 37.8. The molecule has 1 heterocycles. The van der Waals surface area contributed by atoms with Crippen LogP contribution in [0.5, 0.6) is 0 Å². The Bertz CT molecular complexity index is 259. The Balaban J connectivity index is 2.62. The van der Waals surface area contributed by atoms with Gasteiger partial charge in [-0.1, -0.05) is 6.92 Å². The lowest BCUT2D eigenvalue weighted by Crippen LogP contribution is -2.63. The van der Waals surface area contributed by atoms with E-state index in [4.69, 9.17) is 9.84 Å². The van der Waals surface area contributed by atoms with Crippen molar-refractivity contribution >= 4 is 5.91 Å². The van der Waals surface area contributed by atoms with E-state index in [1.54, 1.807) is 0 Å². The quantitative estimate of drug-likeness (QED) is 0.382. The lowest BCUT2D eigenvalue weighted by Gasteiger charge is -2.40. The van der Waals surface area contributed by atoms with Crippen molar-refractivity contribution in [1.29, 1.82) is 0 Å². The highest BCUT2D eigenvalue weighted by molar-refractivity contribution is 5.76. The lowest BCUT2D eigenvalue weighted by molar-refractivity contribution is -0.235. The first-order valence-electron chi connectivity index (χ1n) is 5.61. The largest absolute Gasteiger partial charge is 0.394 e. The van der Waals surface area contributed by atoms with Crippen molar-refractivity contribution in [2.45, 2.75) is 50.4 Å². The maximum atomic E-state index is 11.3. The summed E-state index contributed by atoms with van der Waals surface area (Å²) in [6.07, 6.45) is -5.50. The number of nitrogens with one attached hydrogen (secondary N) is 1. The van der Waals surface area contributed by atoms with Crippen LogP contribution in [-0.2, 0) is 9.53 Å². The van der Waals surface area contributed by atoms with E-state index in [-0.39, 0.29) is 12.3 Å². The summed E-state index contributed by atoms with van der Waals surface area (Å²) >= 11 is 0. The first-order valence-corrected chi connectivity index (χ1v) is 5.61. The summed E-state index contributed by atoms with van der Waals surface area (Å²) in [5.74, 6) is -0.322. The lowest BCUT2D eigenvalue weighted by atomic mass is 9.98. The number of amides is 1. The van der Waals surface area contributed by atoms with E-state index < -0.39 is 37.3 Å². The molecule has 0 unspecified atom stereocenters. The van der Waals surface area contributed by atoms with Crippen LogP contribution in [0.25, 0.3) is 0 Å². The molecule has 5 N–H and O–H groups in total. The van der Waals surface area contributed by atoms with Crippen molar-refractivity contribution in [3.05, 3.63) is 0 Å². The van der Waals surface area contributed by atoms with Gasteiger partial charge >= 0.3 is 0 Å². The zero-order chi connectivity index (χ0) is 13.0. The van der Waals surface area contributed by atoms with E-state index in [1.807, 2.05) is 6.92 Å². The van der Waals surface area contributed by atoms with E-state index in [1.165, 1.54) is 0 Å². The molecule has 1 amide bonds. The van der Waals surface area contributed by atoms with Crippen LogP contribution in [-0.4, -0.2) is 63.6 Å². The van der Waals surface area contributed by atoms with Gasteiger partial charge in [0.25, 0.3) is 0 Å². The van der Waals surface area contributed by atoms with Crippen molar-refractivity contribution in [3.8, 4) is 0 Å². The number of carbonyl (C=O) groups excluding carboxylic acids is 1. The van der Waals surface area contributed by atoms with Gasteiger partial charge in [0.1, 0.15) is 24.4 Å². The predicted octanol–water partition coefficient (Wildman–Crippen LogP) is -2.30. The van der Waals surface area contributed by atoms with Crippen LogP contribution in [0.15, 0.2) is 0 Å². The summed E-state index contributed by atoms with van der Waals surface area (Å²) in [7, 11) is 0. The minimum atomic E-state index is -1.46. The molecule has 5 atom stereocenters. The molecule has 100 valence electrons. The molecule has 0 radical (unpaired) electrons. The molecule has 1 aliphatic heterocycles. The minimum Gasteiger partial charge on any atom is -0.394 e. The molecular weight excluding hydrogens is 230 g/mol. The first-order chi connectivity index (χ1) is 8.01. The highest BCUT2D eigenvalue weighted by Gasteiger charge is 2.43. The smallest absolute Gasteiger partial charge is 0.222 e. The van der Waals surface area contributed by atoms with Crippen LogP contribution in [0, 0.1) is 0 Å². The SMILES string of the molecule is CCCC(=O)N[C@H]1O[C@@H](CO)[C@@H](O)[C@@H](O)[C@H]1O. The fourth-order valence-corrected chi connectivity index (χ4v) is 1.68. The summed E-state index contributed by atoms with van der Waals surface area (Å²) < 4.78 is 5.11. The molecule has 17 heavy (non-hydrogen) atoms. The number of hydrogen-bond acceptors (Lipinski definition) is 6. The Morgan fingerprint density at radius 1 is 1.24 bits per heavy atom. The average Bonchev–Trinajstić information content (AvgIpc) is 2.30. The standard InChI is InChI=1S/C10H19NO6/c1-2-3-6(13)11-10-9(16)8(15)7(14)5(4-12)17-10/h5,7-10,12,14-16H,2-4H2,1H3,(H,11,13)/t5-,7+,8+,9+,10-/m0/s1. The number of hydrogen-bond donors (Lipinski definition) is 5. The predicted molar refractivity (Wildman–Crippen MR) is 56.8 cm³/mol. The number of ether oxygens (including phenoxy) is 1. The van der Waals surface area contributed by atoms with Gasteiger partial charge < -0.3 is 30.5 Å². The van der Waals surface area contributed by atoms with Gasteiger partial charge in [-0.3, -0.25) is 4.79 Å². The number of aliphatic hydroxyl groups excluding tert-OH is 4. The summed E-state index contributed by atoms with van der Waals surface area (Å²) in [5.41, 5.74) is 0. The van der Waals surface area contributed by atoms with E-state index in [0.29, 0.717) is 6.42 Å². The van der Waals surface area contributed by atoms with Gasteiger partial charge in [0.15, 0.2) is 6.23 Å². The van der Waals surface area contributed by atoms with Crippen molar-refractivity contribution in [2.24, 2.45) is 0 Å². The molecule has 0 saturated carbocycles. The average molecular weight is 249 g/mol. The number of aliphatic hydroxyl groups is 4. The Hall–Kier alpha value is -0.730. The summed E-state index contributed by atoms with van der Waals surface area (Å²) in [5, 5.41) is 39.9. The molecule has 0 aliphatic carbocycles. The Morgan fingerprint density at radius 2 is 1.88 bits per heavy atom. The van der Waals surface area contributed by atoms with Gasteiger partial charge in [-0.15, -0.1) is 0 Å². The van der Waals surface area contributed by atoms with Crippen LogP contribution < -0.4 is 5.32 Å². The zero-order valence-electron chi connectivity index (χ0n) is 9.61. The Kier molecular flexibility index (Phi) is 5.29. The fraction of sp³-hybridized carbons (Fsp3) is 0.900. The molecule has 0 aromatic heterocycles. The molecule has 1 rings (SSSR count). The monoisotopic (exact) mass is 249 g/mol. The van der Waals surface area contributed by atoms with Crippen molar-refractivity contribution in [3.63, 3.8) is 0 Å². The molecule has 0 aromatic rings. The van der Waals surface area contributed by atoms with Crippen LogP contribution >= 0.6 is 0 Å². The van der Waals surface area contributed by atoms with Gasteiger partial charge in [0.05, 0.1) is 6.61 Å². The third-order valence-electron chi connectivity index (χ3n) is 2.67. The summed E-state index contributed by atoms with van der Waals surface area (Å²) in [4.78, 5) is 11.3. The molecule has 7 nitrogen and oxygen atoms in total. The van der Waals surface area contributed by atoms with Crippen LogP contribution in [0.3, 0.4) is 0 Å². The second-order valence-corrected chi connectivity index (χ2v) is 4.07. The second kappa shape index (κ2) is 6.27. The van der Waals surface area contributed by atoms with Crippen molar-refractivity contribution in [2.75, 3.05) is 6.61 Å². The van der Waals surface area contributed by atoms with E-state index in [9.17, 15) is 20.1 Å². The van der Waals surface area contributed by atoms with Crippen LogP contribution in [0.2, 0.25) is 0 Å². The molecular formula is C10H19NO6. The van der Waals surface area contributed by atoms with E-state index in [2.05, 4.69) is 5.32 Å². The molecule has 7 heteroatoms. The zero-order valence-corrected chi connectivity index (χ0v) is 9.61.